The Kier molecular flexibility index (Phi) is 6.71. The summed E-state index contributed by atoms with van der Waals surface area (Å²) in [6.07, 6.45) is 3.60. The number of benzene rings is 1. The molecular weight excluding hydrogens is 343 g/mol. The van der Waals surface area contributed by atoms with Gasteiger partial charge < -0.3 is 20.9 Å². The van der Waals surface area contributed by atoms with Gasteiger partial charge in [-0.15, -0.1) is 0 Å². The highest BCUT2D eigenvalue weighted by molar-refractivity contribution is 5.77. The molecule has 3 rings (SSSR count). The normalized spacial score (nSPS) is 24.8. The minimum Gasteiger partial charge on any atom is -0.369 e. The molecule has 27 heavy (non-hydrogen) atoms. The van der Waals surface area contributed by atoms with Crippen LogP contribution in [0.2, 0.25) is 0 Å². The van der Waals surface area contributed by atoms with Crippen molar-refractivity contribution in [2.24, 2.45) is 11.7 Å². The number of rotatable bonds is 6. The van der Waals surface area contributed by atoms with E-state index in [1.54, 1.807) is 6.07 Å². The summed E-state index contributed by atoms with van der Waals surface area (Å²) in [6.45, 7) is 9.02. The molecule has 2 aliphatic rings. The van der Waals surface area contributed by atoms with Crippen molar-refractivity contribution in [3.8, 4) is 0 Å². The van der Waals surface area contributed by atoms with Gasteiger partial charge in [0.05, 0.1) is 6.04 Å². The number of nitrogens with one attached hydrogen (secondary N) is 1. The molecule has 0 aromatic heterocycles. The lowest BCUT2D eigenvalue weighted by molar-refractivity contribution is -0.122. The first kappa shape index (κ1) is 20.1. The Morgan fingerprint density at radius 2 is 2.04 bits per heavy atom. The molecule has 0 bridgehead atoms. The van der Waals surface area contributed by atoms with Crippen LogP contribution in [0.1, 0.15) is 51.1 Å². The Hall–Kier alpha value is -1.66. The maximum Gasteiger partial charge on any atom is 0.220 e. The lowest BCUT2D eigenvalue weighted by Crippen LogP contribution is -2.46. The molecule has 3 atom stereocenters. The largest absolute Gasteiger partial charge is 0.369 e. The van der Waals surface area contributed by atoms with Crippen molar-refractivity contribution in [3.63, 3.8) is 0 Å². The summed E-state index contributed by atoms with van der Waals surface area (Å²) in [7, 11) is 0. The molecule has 6 heteroatoms. The van der Waals surface area contributed by atoms with E-state index in [2.05, 4.69) is 22.0 Å². The summed E-state index contributed by atoms with van der Waals surface area (Å²) in [5.74, 6) is 0.0158. The third kappa shape index (κ3) is 4.99. The van der Waals surface area contributed by atoms with Crippen LogP contribution in [0, 0.1) is 11.7 Å². The molecule has 1 aromatic carbocycles. The van der Waals surface area contributed by atoms with E-state index in [9.17, 15) is 9.18 Å². The zero-order valence-electron chi connectivity index (χ0n) is 16.6. The van der Waals surface area contributed by atoms with Crippen LogP contribution in [0.25, 0.3) is 0 Å². The van der Waals surface area contributed by atoms with Gasteiger partial charge in [0.15, 0.2) is 0 Å². The molecule has 1 saturated carbocycles. The van der Waals surface area contributed by atoms with E-state index in [4.69, 9.17) is 5.73 Å². The molecule has 1 unspecified atom stereocenters. The van der Waals surface area contributed by atoms with Gasteiger partial charge in [-0.2, -0.15) is 0 Å². The van der Waals surface area contributed by atoms with Crippen LogP contribution in [-0.4, -0.2) is 49.6 Å². The smallest absolute Gasteiger partial charge is 0.220 e. The van der Waals surface area contributed by atoms with Crippen molar-refractivity contribution in [2.75, 3.05) is 37.6 Å². The molecule has 3 N–H and O–H groups in total. The number of anilines is 1. The van der Waals surface area contributed by atoms with Crippen molar-refractivity contribution in [3.05, 3.63) is 29.6 Å². The fourth-order valence-corrected chi connectivity index (χ4v) is 4.40. The molecule has 1 aliphatic carbocycles. The number of halogens is 1. The van der Waals surface area contributed by atoms with Gasteiger partial charge in [-0.05, 0) is 50.4 Å². The van der Waals surface area contributed by atoms with Gasteiger partial charge in [-0.25, -0.2) is 4.39 Å². The van der Waals surface area contributed by atoms with Crippen LogP contribution in [0.4, 0.5) is 10.1 Å². The van der Waals surface area contributed by atoms with Crippen LogP contribution in [0.3, 0.4) is 0 Å². The molecule has 1 aliphatic heterocycles. The Morgan fingerprint density at radius 3 is 2.67 bits per heavy atom. The molecular formula is C21H33FN4O. The fourth-order valence-electron chi connectivity index (χ4n) is 4.40. The van der Waals surface area contributed by atoms with Gasteiger partial charge >= 0.3 is 0 Å². The first-order valence-electron chi connectivity index (χ1n) is 10.3. The number of likely N-dealkylation sites (N-methyl/N-ethyl adjacent to an activating group) is 1. The molecule has 1 saturated heterocycles. The first-order valence-corrected chi connectivity index (χ1v) is 10.3. The van der Waals surface area contributed by atoms with Crippen LogP contribution in [-0.2, 0) is 4.79 Å². The predicted molar refractivity (Wildman–Crippen MR) is 107 cm³/mol. The SMILES string of the molecule is CCN1CCN(c2ccc(F)cc2C(C)NC(=O)C[C@@H]2CCC[C@H]2N)CC1. The second-order valence-corrected chi connectivity index (χ2v) is 7.97. The van der Waals surface area contributed by atoms with Crippen LogP contribution < -0.4 is 16.0 Å². The standard InChI is InChI=1S/C21H33FN4O/c1-3-25-9-11-26(12-10-25)20-8-7-17(22)14-18(20)15(2)24-21(27)13-16-5-4-6-19(16)23/h7-8,14-16,19H,3-6,9-13,23H2,1-2H3,(H,24,27)/t15?,16-,19+/m0/s1. The van der Waals surface area contributed by atoms with Gasteiger partial charge in [-0.1, -0.05) is 13.3 Å². The number of nitrogens with zero attached hydrogens (tertiary/aromatic N) is 2. The minimum atomic E-state index is -0.264. The number of carbonyl (C=O) groups is 1. The Morgan fingerprint density at radius 1 is 1.30 bits per heavy atom. The van der Waals surface area contributed by atoms with Crippen LogP contribution in [0.15, 0.2) is 18.2 Å². The number of hydrogen-bond acceptors (Lipinski definition) is 4. The highest BCUT2D eigenvalue weighted by atomic mass is 19.1. The van der Waals surface area contributed by atoms with E-state index in [0.717, 1.165) is 63.2 Å². The number of nitrogens with two attached hydrogens (primary N) is 1. The van der Waals surface area contributed by atoms with Crippen LogP contribution in [0.5, 0.6) is 0 Å². The van der Waals surface area contributed by atoms with Gasteiger partial charge in [0.1, 0.15) is 5.82 Å². The van der Waals surface area contributed by atoms with Crippen molar-refractivity contribution in [1.29, 1.82) is 0 Å². The molecule has 1 heterocycles. The second kappa shape index (κ2) is 9.02. The van der Waals surface area contributed by atoms with E-state index in [1.165, 1.54) is 6.07 Å². The zero-order valence-corrected chi connectivity index (χ0v) is 16.6. The molecule has 0 radical (unpaired) electrons. The predicted octanol–water partition coefficient (Wildman–Crippen LogP) is 2.66. The number of amides is 1. The molecule has 5 nitrogen and oxygen atoms in total. The van der Waals surface area contributed by atoms with E-state index in [1.807, 2.05) is 13.0 Å². The highest BCUT2D eigenvalue weighted by Crippen LogP contribution is 2.30. The molecule has 0 spiro atoms. The molecule has 1 aromatic rings. The third-order valence-electron chi connectivity index (χ3n) is 6.16. The summed E-state index contributed by atoms with van der Waals surface area (Å²) in [4.78, 5) is 17.2. The topological polar surface area (TPSA) is 61.6 Å². The number of piperazine rings is 1. The van der Waals surface area contributed by atoms with Crippen molar-refractivity contribution < 1.29 is 9.18 Å². The number of hydrogen-bond donors (Lipinski definition) is 2. The van der Waals surface area contributed by atoms with E-state index in [-0.39, 0.29) is 29.7 Å². The van der Waals surface area contributed by atoms with Gasteiger partial charge in [0.2, 0.25) is 5.91 Å². The Balaban J connectivity index is 1.67. The average molecular weight is 377 g/mol. The Labute approximate surface area is 162 Å². The lowest BCUT2D eigenvalue weighted by atomic mass is 9.99. The summed E-state index contributed by atoms with van der Waals surface area (Å²) >= 11 is 0. The quantitative estimate of drug-likeness (QED) is 0.801. The van der Waals surface area contributed by atoms with Crippen LogP contribution >= 0.6 is 0 Å². The Bertz CT molecular complexity index is 645. The van der Waals surface area contributed by atoms with Gasteiger partial charge in [-0.3, -0.25) is 4.79 Å². The molecule has 150 valence electrons. The highest BCUT2D eigenvalue weighted by Gasteiger charge is 2.27. The second-order valence-electron chi connectivity index (χ2n) is 7.97. The van der Waals surface area contributed by atoms with Gasteiger partial charge in [0.25, 0.3) is 0 Å². The monoisotopic (exact) mass is 376 g/mol. The van der Waals surface area contributed by atoms with E-state index < -0.39 is 0 Å². The van der Waals surface area contributed by atoms with Gasteiger partial charge in [0, 0.05) is 49.9 Å². The summed E-state index contributed by atoms with van der Waals surface area (Å²) in [6, 6.07) is 4.82. The third-order valence-corrected chi connectivity index (χ3v) is 6.16. The summed E-state index contributed by atoms with van der Waals surface area (Å²) in [5.41, 5.74) is 7.97. The lowest BCUT2D eigenvalue weighted by Gasteiger charge is -2.37. The summed E-state index contributed by atoms with van der Waals surface area (Å²) < 4.78 is 14.0. The maximum atomic E-state index is 14.0. The van der Waals surface area contributed by atoms with Crippen molar-refractivity contribution in [2.45, 2.75) is 51.6 Å². The summed E-state index contributed by atoms with van der Waals surface area (Å²) in [5, 5.41) is 3.07. The van der Waals surface area contributed by atoms with E-state index in [0.29, 0.717) is 6.42 Å². The minimum absolute atomic E-state index is 0.0101. The number of carbonyl (C=O) groups excluding carboxylic acids is 1. The molecule has 1 amide bonds. The first-order chi connectivity index (χ1) is 13.0. The fraction of sp³-hybridized carbons (Fsp3) is 0.667. The van der Waals surface area contributed by atoms with Crippen molar-refractivity contribution >= 4 is 11.6 Å². The molecule has 2 fully saturated rings. The van der Waals surface area contributed by atoms with E-state index >= 15 is 0 Å². The van der Waals surface area contributed by atoms with Crippen molar-refractivity contribution in [1.82, 2.24) is 10.2 Å². The average Bonchev–Trinajstić information content (AvgIpc) is 3.06. The maximum absolute atomic E-state index is 14.0. The zero-order chi connectivity index (χ0) is 19.4.